The Balaban J connectivity index is 2.67. The van der Waals surface area contributed by atoms with Gasteiger partial charge in [0.25, 0.3) is 5.56 Å². The molecule has 186 valence electrons. The monoisotopic (exact) mass is 488 g/mol. The maximum Gasteiger partial charge on any atom is 0.418 e. The number of hydrogen-bond acceptors (Lipinski definition) is 10. The molecule has 0 aromatic carbocycles. The Bertz CT molecular complexity index is 966. The molecule has 12 nitrogen and oxygen atoms in total. The molecular weight excluding hydrogens is 456 g/mol. The van der Waals surface area contributed by atoms with Gasteiger partial charge in [-0.1, -0.05) is 27.7 Å². The van der Waals surface area contributed by atoms with Gasteiger partial charge in [0.2, 0.25) is 0 Å². The second-order valence-electron chi connectivity index (χ2n) is 8.66. The molecule has 0 aliphatic carbocycles. The Morgan fingerprint density at radius 2 is 1.82 bits per heavy atom. The lowest BCUT2D eigenvalue weighted by atomic mass is 9.96. The smallest absolute Gasteiger partial charge is 0.418 e. The summed E-state index contributed by atoms with van der Waals surface area (Å²) in [6.45, 7) is 8.64. The first kappa shape index (κ1) is 26.9. The number of methoxy groups -OCH3 is 2. The summed E-state index contributed by atoms with van der Waals surface area (Å²) in [7, 11) is -1.01. The molecule has 1 aromatic heterocycles. The molecule has 0 saturated carbocycles. The minimum atomic E-state index is -3.46. The van der Waals surface area contributed by atoms with Gasteiger partial charge in [-0.2, -0.15) is 0 Å². The lowest BCUT2D eigenvalue weighted by molar-refractivity contribution is -0.189. The van der Waals surface area contributed by atoms with Crippen LogP contribution in [0.3, 0.4) is 0 Å². The zero-order valence-corrected chi connectivity index (χ0v) is 20.8. The lowest BCUT2D eigenvalue weighted by Crippen LogP contribution is -2.58. The molecule has 13 heteroatoms. The van der Waals surface area contributed by atoms with E-state index in [1.54, 1.807) is 0 Å². The van der Waals surface area contributed by atoms with Gasteiger partial charge < -0.3 is 28.2 Å². The summed E-state index contributed by atoms with van der Waals surface area (Å²) in [5.74, 6) is -2.60. The van der Waals surface area contributed by atoms with Crippen LogP contribution >= 0.6 is 0 Å². The van der Waals surface area contributed by atoms with Gasteiger partial charge in [0.15, 0.2) is 11.8 Å². The van der Waals surface area contributed by atoms with E-state index in [1.165, 1.54) is 20.2 Å². The van der Waals surface area contributed by atoms with E-state index >= 15 is 0 Å². The van der Waals surface area contributed by atoms with Crippen LogP contribution in [0.5, 0.6) is 0 Å². The number of H-pyrrole nitrogens is 1. The maximum absolute atomic E-state index is 12.5. The molecule has 2 heterocycles. The molecule has 1 fully saturated rings. The normalized spacial score (nSPS) is 25.5. The molecule has 1 saturated heterocycles. The summed E-state index contributed by atoms with van der Waals surface area (Å²) in [5, 5.41) is 0. The van der Waals surface area contributed by atoms with Crippen molar-refractivity contribution in [2.24, 2.45) is 0 Å². The molecule has 1 aliphatic heterocycles. The van der Waals surface area contributed by atoms with Crippen molar-refractivity contribution < 1.29 is 37.8 Å². The minimum Gasteiger partial charge on any atom is -0.461 e. The molecule has 2 rings (SSSR count). The highest BCUT2D eigenvalue weighted by Crippen LogP contribution is 2.45. The summed E-state index contributed by atoms with van der Waals surface area (Å²) in [6, 6.07) is 1.10. The number of nitrogens with one attached hydrogen (secondary N) is 1. The zero-order chi connectivity index (χ0) is 25.1. The fraction of sp³-hybridized carbons (Fsp3) is 0.700. The molecule has 2 N–H and O–H groups in total. The van der Waals surface area contributed by atoms with E-state index in [-0.39, 0.29) is 17.7 Å². The highest BCUT2D eigenvalue weighted by Gasteiger charge is 2.62. The van der Waals surface area contributed by atoms with Crippen molar-refractivity contribution >= 4 is 20.5 Å². The van der Waals surface area contributed by atoms with E-state index < -0.39 is 55.8 Å². The van der Waals surface area contributed by atoms with E-state index in [0.29, 0.717) is 0 Å². The molecule has 33 heavy (non-hydrogen) atoms. The maximum atomic E-state index is 12.5. The molecule has 0 radical (unpaired) electrons. The summed E-state index contributed by atoms with van der Waals surface area (Å²) in [4.78, 5) is 62.0. The number of carbonyl (C=O) groups is 2. The number of aromatic nitrogens is 2. The molecule has 0 bridgehead atoms. The Morgan fingerprint density at radius 1 is 1.21 bits per heavy atom. The Kier molecular flexibility index (Phi) is 8.40. The fourth-order valence-electron chi connectivity index (χ4n) is 3.89. The van der Waals surface area contributed by atoms with Gasteiger partial charge in [0.05, 0.1) is 13.7 Å². The van der Waals surface area contributed by atoms with Crippen LogP contribution in [0.25, 0.3) is 0 Å². The van der Waals surface area contributed by atoms with Crippen molar-refractivity contribution in [3.63, 3.8) is 0 Å². The first-order chi connectivity index (χ1) is 15.3. The fourth-order valence-corrected chi connectivity index (χ4v) is 6.56. The third-order valence-electron chi connectivity index (χ3n) is 5.77. The van der Waals surface area contributed by atoms with Crippen LogP contribution in [0.4, 0.5) is 0 Å². The number of carbonyl (C=O) groups excluding carboxylic acids is 2. The molecule has 4 unspecified atom stereocenters. The lowest BCUT2D eigenvalue weighted by Gasteiger charge is -2.41. The van der Waals surface area contributed by atoms with Crippen molar-refractivity contribution in [3.8, 4) is 0 Å². The molecular formula is C20H32N2O10Si. The van der Waals surface area contributed by atoms with Crippen LogP contribution in [0.15, 0.2) is 21.9 Å². The average Bonchev–Trinajstić information content (AvgIpc) is 2.98. The second kappa shape index (κ2) is 10.3. The number of ether oxygens (including phenoxy) is 4. The molecule has 0 amide bonds. The zero-order valence-electron chi connectivity index (χ0n) is 19.8. The van der Waals surface area contributed by atoms with E-state index in [2.05, 4.69) is 9.72 Å². The number of nitrogens with zero attached hydrogens (tertiary/aromatic N) is 1. The van der Waals surface area contributed by atoms with Crippen molar-refractivity contribution in [1.29, 1.82) is 0 Å². The summed E-state index contributed by atoms with van der Waals surface area (Å²) >= 11 is 0. The van der Waals surface area contributed by atoms with Crippen molar-refractivity contribution in [2.75, 3.05) is 20.8 Å². The Labute approximate surface area is 192 Å². The number of aromatic amines is 1. The van der Waals surface area contributed by atoms with Gasteiger partial charge in [0, 0.05) is 19.4 Å². The van der Waals surface area contributed by atoms with E-state index in [1.807, 2.05) is 27.7 Å². The molecule has 4 atom stereocenters. The summed E-state index contributed by atoms with van der Waals surface area (Å²) in [5.41, 5.74) is -3.76. The van der Waals surface area contributed by atoms with E-state index in [0.717, 1.165) is 17.7 Å². The summed E-state index contributed by atoms with van der Waals surface area (Å²) in [6.07, 6.45) is -2.17. The van der Waals surface area contributed by atoms with Crippen LogP contribution in [0.2, 0.25) is 11.1 Å². The largest absolute Gasteiger partial charge is 0.461 e. The van der Waals surface area contributed by atoms with Gasteiger partial charge in [-0.3, -0.25) is 14.3 Å². The van der Waals surface area contributed by atoms with Crippen molar-refractivity contribution in [3.05, 3.63) is 33.1 Å². The van der Waals surface area contributed by atoms with E-state index in [9.17, 15) is 24.0 Å². The Morgan fingerprint density at radius 3 is 2.30 bits per heavy atom. The highest BCUT2D eigenvalue weighted by molar-refractivity contribution is 6.68. The predicted molar refractivity (Wildman–Crippen MR) is 117 cm³/mol. The van der Waals surface area contributed by atoms with Crippen LogP contribution < -0.4 is 11.2 Å². The number of hydrogen-bond donors (Lipinski definition) is 2. The standard InChI is InChI=1S/C20H32N2O10Si/c1-11(2)33(27,12(3)4)32-15-13(10-28-6)30-18(22-9-8-14(23)21-19(22)26)20(15,5)31-17(25)16(24)29-7/h8-9,11-13,15,18,27H,10H2,1-7H3,(H,21,23,26). The van der Waals surface area contributed by atoms with Gasteiger partial charge in [0.1, 0.15) is 12.2 Å². The van der Waals surface area contributed by atoms with Gasteiger partial charge in [-0.15, -0.1) is 0 Å². The summed E-state index contributed by atoms with van der Waals surface area (Å²) < 4.78 is 28.6. The second-order valence-corrected chi connectivity index (χ2v) is 12.7. The number of esters is 2. The van der Waals surface area contributed by atoms with Crippen LogP contribution in [-0.2, 0) is 33.0 Å². The van der Waals surface area contributed by atoms with E-state index in [4.69, 9.17) is 18.6 Å². The molecule has 0 spiro atoms. The first-order valence-electron chi connectivity index (χ1n) is 10.5. The molecule has 1 aliphatic rings. The third-order valence-corrected chi connectivity index (χ3v) is 9.71. The third kappa shape index (κ3) is 5.27. The first-order valence-corrected chi connectivity index (χ1v) is 12.5. The van der Waals surface area contributed by atoms with Crippen molar-refractivity contribution in [1.82, 2.24) is 9.55 Å². The average molecular weight is 489 g/mol. The SMILES string of the molecule is COCC1OC(n2ccc(=O)[nH]c2=O)C(C)(OC(=O)C(=O)OC)C1O[Si](O)(C(C)C)C(C)C. The van der Waals surface area contributed by atoms with Gasteiger partial charge in [-0.25, -0.2) is 14.4 Å². The van der Waals surface area contributed by atoms with Gasteiger partial charge >= 0.3 is 26.2 Å². The van der Waals surface area contributed by atoms with Crippen LogP contribution in [0, 0.1) is 0 Å². The minimum absolute atomic E-state index is 0.0364. The topological polar surface area (TPSA) is 155 Å². The molecule has 1 aromatic rings. The van der Waals surface area contributed by atoms with Crippen molar-refractivity contribution in [2.45, 2.75) is 69.7 Å². The quantitative estimate of drug-likeness (QED) is 0.294. The number of rotatable bonds is 8. The van der Waals surface area contributed by atoms with Crippen LogP contribution in [-0.4, -0.2) is 73.5 Å². The highest BCUT2D eigenvalue weighted by atomic mass is 28.4. The Hall–Kier alpha value is -2.32. The predicted octanol–water partition coefficient (Wildman–Crippen LogP) is 0.195. The van der Waals surface area contributed by atoms with Crippen LogP contribution in [0.1, 0.15) is 40.8 Å². The van der Waals surface area contributed by atoms with Gasteiger partial charge in [-0.05, 0) is 18.0 Å².